The molecule has 27 heavy (non-hydrogen) atoms. The van der Waals surface area contributed by atoms with Crippen LogP contribution in [0.2, 0.25) is 5.02 Å². The van der Waals surface area contributed by atoms with E-state index in [2.05, 4.69) is 11.4 Å². The van der Waals surface area contributed by atoms with Crippen molar-refractivity contribution in [3.63, 3.8) is 0 Å². The van der Waals surface area contributed by atoms with E-state index in [1.54, 1.807) is 23.9 Å². The van der Waals surface area contributed by atoms with Crippen molar-refractivity contribution in [2.24, 2.45) is 0 Å². The molecule has 3 aromatic rings. The molecule has 0 radical (unpaired) electrons. The molecule has 1 aromatic carbocycles. The second kappa shape index (κ2) is 7.91. The quantitative estimate of drug-likeness (QED) is 0.506. The van der Waals surface area contributed by atoms with Gasteiger partial charge in [-0.25, -0.2) is 0 Å². The second-order valence-corrected chi connectivity index (χ2v) is 8.64. The highest BCUT2D eigenvalue weighted by Gasteiger charge is 2.45. The molecular formula is C22H22ClNO2S. The third-order valence-corrected chi connectivity index (χ3v) is 6.54. The van der Waals surface area contributed by atoms with Gasteiger partial charge < -0.3 is 9.32 Å². The highest BCUT2D eigenvalue weighted by atomic mass is 35.5. The van der Waals surface area contributed by atoms with Gasteiger partial charge in [0.1, 0.15) is 0 Å². The molecule has 0 N–H and O–H groups in total. The van der Waals surface area contributed by atoms with E-state index in [4.69, 9.17) is 16.0 Å². The number of thiophene rings is 1. The fourth-order valence-electron chi connectivity index (χ4n) is 4.07. The zero-order valence-corrected chi connectivity index (χ0v) is 16.6. The molecular weight excluding hydrogens is 378 g/mol. The third kappa shape index (κ3) is 3.83. The summed E-state index contributed by atoms with van der Waals surface area (Å²) in [5.74, 6) is 0.205. The van der Waals surface area contributed by atoms with E-state index >= 15 is 0 Å². The molecule has 2 heterocycles. The minimum Gasteiger partial charge on any atom is -0.472 e. The predicted octanol–water partition coefficient (Wildman–Crippen LogP) is 6.04. The van der Waals surface area contributed by atoms with E-state index < -0.39 is 5.41 Å². The minimum atomic E-state index is -0.453. The largest absolute Gasteiger partial charge is 0.472 e. The van der Waals surface area contributed by atoms with Crippen LogP contribution in [0.4, 0.5) is 0 Å². The maximum absolute atomic E-state index is 13.9. The summed E-state index contributed by atoms with van der Waals surface area (Å²) in [6.07, 6.45) is 7.31. The van der Waals surface area contributed by atoms with Crippen LogP contribution in [-0.4, -0.2) is 10.8 Å². The maximum Gasteiger partial charge on any atom is 0.233 e. The topological polar surface area (TPSA) is 33.5 Å². The first-order chi connectivity index (χ1) is 13.2. The summed E-state index contributed by atoms with van der Waals surface area (Å²) in [6, 6.07) is 13.9. The van der Waals surface area contributed by atoms with E-state index in [-0.39, 0.29) is 5.91 Å². The van der Waals surface area contributed by atoms with Crippen LogP contribution in [0, 0.1) is 0 Å². The Morgan fingerprint density at radius 2 is 1.89 bits per heavy atom. The normalized spacial score (nSPS) is 15.7. The molecule has 4 rings (SSSR count). The number of amides is 1. The molecule has 1 aliphatic carbocycles. The molecule has 5 heteroatoms. The molecule has 2 aromatic heterocycles. The molecule has 1 amide bonds. The van der Waals surface area contributed by atoms with Crippen molar-refractivity contribution in [3.05, 3.63) is 81.4 Å². The maximum atomic E-state index is 13.9. The van der Waals surface area contributed by atoms with Gasteiger partial charge in [-0.2, -0.15) is 0 Å². The number of hydrogen-bond acceptors (Lipinski definition) is 3. The highest BCUT2D eigenvalue weighted by Crippen LogP contribution is 2.43. The molecule has 0 spiro atoms. The van der Waals surface area contributed by atoms with Crippen LogP contribution in [0.1, 0.15) is 41.7 Å². The summed E-state index contributed by atoms with van der Waals surface area (Å²) in [6.45, 7) is 1.18. The minimum absolute atomic E-state index is 0.205. The highest BCUT2D eigenvalue weighted by molar-refractivity contribution is 7.09. The SMILES string of the molecule is O=C(N(Cc1ccoc1)Cc1cccs1)C1(c2ccc(Cl)cc2)CCCC1. The zero-order chi connectivity index (χ0) is 18.7. The molecule has 3 nitrogen and oxygen atoms in total. The van der Waals surface area contributed by atoms with E-state index in [0.717, 1.165) is 36.8 Å². The predicted molar refractivity (Wildman–Crippen MR) is 109 cm³/mol. The first-order valence-electron chi connectivity index (χ1n) is 9.26. The number of hydrogen-bond donors (Lipinski definition) is 0. The summed E-state index contributed by atoms with van der Waals surface area (Å²) in [4.78, 5) is 17.0. The Kier molecular flexibility index (Phi) is 5.37. The molecule has 0 aliphatic heterocycles. The molecule has 0 unspecified atom stereocenters. The second-order valence-electron chi connectivity index (χ2n) is 7.17. The van der Waals surface area contributed by atoms with Gasteiger partial charge in [0, 0.05) is 22.0 Å². The average molecular weight is 400 g/mol. The van der Waals surface area contributed by atoms with Crippen molar-refractivity contribution in [1.29, 1.82) is 0 Å². The van der Waals surface area contributed by atoms with Crippen molar-refractivity contribution < 1.29 is 9.21 Å². The number of halogens is 1. The van der Waals surface area contributed by atoms with Crippen LogP contribution in [0.25, 0.3) is 0 Å². The number of nitrogens with zero attached hydrogens (tertiary/aromatic N) is 1. The van der Waals surface area contributed by atoms with Gasteiger partial charge in [0.15, 0.2) is 0 Å². The standard InChI is InChI=1S/C22H22ClNO2S/c23-19-7-5-18(6-8-19)22(10-1-2-11-22)21(25)24(14-17-9-12-26-16-17)15-20-4-3-13-27-20/h3-9,12-13,16H,1-2,10-11,14-15H2. The molecule has 1 fully saturated rings. The molecule has 0 atom stereocenters. The monoisotopic (exact) mass is 399 g/mol. The fourth-order valence-corrected chi connectivity index (χ4v) is 4.91. The average Bonchev–Trinajstić information content (AvgIpc) is 3.44. The lowest BCUT2D eigenvalue weighted by molar-refractivity contribution is -0.138. The van der Waals surface area contributed by atoms with Crippen molar-refractivity contribution in [1.82, 2.24) is 4.90 Å². The molecule has 0 saturated heterocycles. The van der Waals surface area contributed by atoms with Crippen molar-refractivity contribution >= 4 is 28.8 Å². The summed E-state index contributed by atoms with van der Waals surface area (Å²) in [5.41, 5.74) is 1.65. The number of rotatable bonds is 6. The van der Waals surface area contributed by atoms with E-state index in [9.17, 15) is 4.79 Å². The van der Waals surface area contributed by atoms with Crippen molar-refractivity contribution in [2.75, 3.05) is 0 Å². The number of benzene rings is 1. The molecule has 1 saturated carbocycles. The van der Waals surface area contributed by atoms with Gasteiger partial charge in [-0.1, -0.05) is 42.6 Å². The zero-order valence-electron chi connectivity index (χ0n) is 15.1. The van der Waals surface area contributed by atoms with Crippen LogP contribution in [0.3, 0.4) is 0 Å². The first kappa shape index (κ1) is 18.3. The third-order valence-electron chi connectivity index (χ3n) is 5.43. The van der Waals surface area contributed by atoms with Gasteiger partial charge >= 0.3 is 0 Å². The summed E-state index contributed by atoms with van der Waals surface area (Å²) in [5, 5.41) is 2.76. The number of carbonyl (C=O) groups excluding carboxylic acids is 1. The van der Waals surface area contributed by atoms with Crippen molar-refractivity contribution in [3.8, 4) is 0 Å². The lowest BCUT2D eigenvalue weighted by Crippen LogP contribution is -2.44. The van der Waals surface area contributed by atoms with Gasteiger partial charge in [-0.15, -0.1) is 11.3 Å². The Bertz CT molecular complexity index is 829. The van der Waals surface area contributed by atoms with E-state index in [1.807, 2.05) is 41.3 Å². The lowest BCUT2D eigenvalue weighted by Gasteiger charge is -2.35. The van der Waals surface area contributed by atoms with Crippen LogP contribution in [0.15, 0.2) is 64.8 Å². The number of furan rings is 1. The van der Waals surface area contributed by atoms with Gasteiger partial charge in [0.25, 0.3) is 0 Å². The molecule has 1 aliphatic rings. The molecule has 0 bridgehead atoms. The Morgan fingerprint density at radius 1 is 1.11 bits per heavy atom. The molecule has 140 valence electrons. The Balaban J connectivity index is 1.67. The Morgan fingerprint density at radius 3 is 2.52 bits per heavy atom. The van der Waals surface area contributed by atoms with Crippen LogP contribution < -0.4 is 0 Å². The number of carbonyl (C=O) groups is 1. The summed E-state index contributed by atoms with van der Waals surface area (Å²) >= 11 is 7.78. The Labute approximate surface area is 168 Å². The smallest absolute Gasteiger partial charge is 0.233 e. The van der Waals surface area contributed by atoms with Gasteiger partial charge in [-0.3, -0.25) is 4.79 Å². The van der Waals surface area contributed by atoms with Crippen molar-refractivity contribution in [2.45, 2.75) is 44.2 Å². The first-order valence-corrected chi connectivity index (χ1v) is 10.5. The van der Waals surface area contributed by atoms with Gasteiger partial charge in [0.05, 0.1) is 24.5 Å². The fraction of sp³-hybridized carbons (Fsp3) is 0.318. The van der Waals surface area contributed by atoms with Crippen LogP contribution in [-0.2, 0) is 23.3 Å². The van der Waals surface area contributed by atoms with Crippen LogP contribution >= 0.6 is 22.9 Å². The van der Waals surface area contributed by atoms with E-state index in [1.165, 1.54) is 4.88 Å². The summed E-state index contributed by atoms with van der Waals surface area (Å²) < 4.78 is 5.23. The summed E-state index contributed by atoms with van der Waals surface area (Å²) in [7, 11) is 0. The van der Waals surface area contributed by atoms with Gasteiger partial charge in [0.2, 0.25) is 5.91 Å². The Hall–Kier alpha value is -2.04. The van der Waals surface area contributed by atoms with Gasteiger partial charge in [-0.05, 0) is 48.1 Å². The van der Waals surface area contributed by atoms with Crippen LogP contribution in [0.5, 0.6) is 0 Å². The lowest BCUT2D eigenvalue weighted by atomic mass is 9.77. The van der Waals surface area contributed by atoms with E-state index in [0.29, 0.717) is 18.1 Å².